The Morgan fingerprint density at radius 1 is 1.29 bits per heavy atom. The van der Waals surface area contributed by atoms with E-state index in [9.17, 15) is 18.0 Å². The Morgan fingerprint density at radius 3 is 2.79 bits per heavy atom. The van der Waals surface area contributed by atoms with E-state index in [1.807, 2.05) is 27.3 Å². The molecule has 28 heavy (non-hydrogen) atoms. The average Bonchev–Trinajstić information content (AvgIpc) is 3.05. The van der Waals surface area contributed by atoms with Gasteiger partial charge in [0.15, 0.2) is 0 Å². The van der Waals surface area contributed by atoms with Gasteiger partial charge < -0.3 is 10.2 Å². The zero-order valence-corrected chi connectivity index (χ0v) is 16.6. The van der Waals surface area contributed by atoms with Crippen molar-refractivity contribution in [3.05, 3.63) is 45.2 Å². The number of halogens is 4. The van der Waals surface area contributed by atoms with Crippen LogP contribution in [0.15, 0.2) is 29.8 Å². The molecule has 5 nitrogen and oxygen atoms in total. The second-order valence-electron chi connectivity index (χ2n) is 6.50. The average molecular weight is 433 g/mol. The zero-order valence-electron chi connectivity index (χ0n) is 15.0. The van der Waals surface area contributed by atoms with Gasteiger partial charge in [-0.1, -0.05) is 17.7 Å². The lowest BCUT2D eigenvalue weighted by Gasteiger charge is -2.23. The molecule has 1 fully saturated rings. The topological polar surface area (TPSA) is 48.5 Å². The summed E-state index contributed by atoms with van der Waals surface area (Å²) < 4.78 is 38.3. The van der Waals surface area contributed by atoms with Gasteiger partial charge in [0.2, 0.25) is 5.91 Å². The third-order valence-corrected chi connectivity index (χ3v) is 5.60. The van der Waals surface area contributed by atoms with Crippen molar-refractivity contribution in [1.29, 1.82) is 0 Å². The Balaban J connectivity index is 1.54. The quantitative estimate of drug-likeness (QED) is 0.783. The van der Waals surface area contributed by atoms with Gasteiger partial charge in [0, 0.05) is 37.3 Å². The predicted molar refractivity (Wildman–Crippen MR) is 104 cm³/mol. The van der Waals surface area contributed by atoms with Crippen molar-refractivity contribution in [3.8, 4) is 0 Å². The number of hydrogen-bond donors (Lipinski definition) is 1. The van der Waals surface area contributed by atoms with E-state index in [0.29, 0.717) is 32.0 Å². The van der Waals surface area contributed by atoms with E-state index in [0.717, 1.165) is 30.1 Å². The highest BCUT2D eigenvalue weighted by atomic mass is 35.5. The van der Waals surface area contributed by atoms with Crippen molar-refractivity contribution in [2.45, 2.75) is 19.1 Å². The molecule has 1 N–H and O–H groups in total. The van der Waals surface area contributed by atoms with E-state index in [2.05, 4.69) is 10.3 Å². The van der Waals surface area contributed by atoms with Gasteiger partial charge in [0.25, 0.3) is 0 Å². The summed E-state index contributed by atoms with van der Waals surface area (Å²) in [4.78, 5) is 21.1. The smallest absolute Gasteiger partial charge is 0.354 e. The Kier molecular flexibility index (Phi) is 6.79. The van der Waals surface area contributed by atoms with E-state index >= 15 is 0 Å². The summed E-state index contributed by atoms with van der Waals surface area (Å²) in [6.07, 6.45) is -2.90. The summed E-state index contributed by atoms with van der Waals surface area (Å²) in [7, 11) is 0. The SMILES string of the molecule is O=C(CN1CCCN(c2ncc(C(F)(F)F)cc2Cl)CC1)NCc1cccs1. The first-order chi connectivity index (χ1) is 13.3. The standard InChI is InChI=1S/C18H20ClF3N4OS/c19-15-9-13(18(20,21)22)10-24-17(15)26-5-2-4-25(6-7-26)12-16(27)23-11-14-3-1-8-28-14/h1,3,8-10H,2,4-7,11-12H2,(H,23,27). The molecule has 0 spiro atoms. The molecule has 0 unspecified atom stereocenters. The highest BCUT2D eigenvalue weighted by molar-refractivity contribution is 7.09. The maximum Gasteiger partial charge on any atom is 0.417 e. The van der Waals surface area contributed by atoms with Gasteiger partial charge in [-0.15, -0.1) is 11.3 Å². The van der Waals surface area contributed by atoms with Crippen LogP contribution in [-0.2, 0) is 17.5 Å². The molecule has 10 heteroatoms. The second-order valence-corrected chi connectivity index (χ2v) is 7.94. The van der Waals surface area contributed by atoms with Gasteiger partial charge in [0.05, 0.1) is 23.7 Å². The summed E-state index contributed by atoms with van der Waals surface area (Å²) in [5.74, 6) is 0.297. The highest BCUT2D eigenvalue weighted by Gasteiger charge is 2.32. The molecule has 0 aromatic carbocycles. The number of carbonyl (C=O) groups is 1. The molecule has 1 aliphatic rings. The summed E-state index contributed by atoms with van der Waals surface area (Å²) in [5.41, 5.74) is -0.861. The molecule has 0 aliphatic carbocycles. The Hall–Kier alpha value is -1.84. The van der Waals surface area contributed by atoms with E-state index in [1.165, 1.54) is 0 Å². The van der Waals surface area contributed by atoms with Crippen molar-refractivity contribution in [2.75, 3.05) is 37.6 Å². The fraction of sp³-hybridized carbons (Fsp3) is 0.444. The van der Waals surface area contributed by atoms with Gasteiger partial charge in [-0.2, -0.15) is 13.2 Å². The number of aromatic nitrogens is 1. The first kappa shape index (κ1) is 20.9. The molecule has 0 atom stereocenters. The number of rotatable bonds is 5. The maximum absolute atomic E-state index is 12.8. The number of hydrogen-bond acceptors (Lipinski definition) is 5. The van der Waals surface area contributed by atoms with Crippen LogP contribution in [0.1, 0.15) is 16.9 Å². The minimum absolute atomic E-state index is 0.0167. The van der Waals surface area contributed by atoms with Crippen LogP contribution in [0, 0.1) is 0 Å². The van der Waals surface area contributed by atoms with Crippen LogP contribution in [-0.4, -0.2) is 48.5 Å². The number of nitrogens with one attached hydrogen (secondary N) is 1. The normalized spacial score (nSPS) is 16.1. The minimum Gasteiger partial charge on any atom is -0.354 e. The molecule has 0 saturated carbocycles. The first-order valence-corrected chi connectivity index (χ1v) is 10.1. The van der Waals surface area contributed by atoms with Crippen LogP contribution >= 0.6 is 22.9 Å². The van der Waals surface area contributed by atoms with Crippen LogP contribution < -0.4 is 10.2 Å². The number of thiophene rings is 1. The second kappa shape index (κ2) is 9.11. The van der Waals surface area contributed by atoms with Gasteiger partial charge in [0.1, 0.15) is 5.82 Å². The van der Waals surface area contributed by atoms with Gasteiger partial charge in [-0.3, -0.25) is 9.69 Å². The van der Waals surface area contributed by atoms with Gasteiger partial charge in [-0.05, 0) is 23.9 Å². The number of carbonyl (C=O) groups excluding carboxylic acids is 1. The van der Waals surface area contributed by atoms with Crippen molar-refractivity contribution in [3.63, 3.8) is 0 Å². The number of anilines is 1. The lowest BCUT2D eigenvalue weighted by molar-refractivity contribution is -0.137. The highest BCUT2D eigenvalue weighted by Crippen LogP contribution is 2.33. The summed E-state index contributed by atoms with van der Waals surface area (Å²) in [6, 6.07) is 4.82. The lowest BCUT2D eigenvalue weighted by Crippen LogP contribution is -2.39. The van der Waals surface area contributed by atoms with E-state index in [-0.39, 0.29) is 17.5 Å². The number of alkyl halides is 3. The van der Waals surface area contributed by atoms with Crippen LogP contribution in [0.4, 0.5) is 19.0 Å². The first-order valence-electron chi connectivity index (χ1n) is 8.82. The number of nitrogens with zero attached hydrogens (tertiary/aromatic N) is 3. The summed E-state index contributed by atoms with van der Waals surface area (Å²) in [6.45, 7) is 3.28. The molecule has 0 radical (unpaired) electrons. The van der Waals surface area contributed by atoms with Crippen LogP contribution in [0.5, 0.6) is 0 Å². The number of pyridine rings is 1. The Labute approximate surface area is 170 Å². The molecular formula is C18H20ClF3N4OS. The van der Waals surface area contributed by atoms with E-state index in [1.54, 1.807) is 11.3 Å². The molecule has 2 aromatic heterocycles. The fourth-order valence-corrected chi connectivity index (χ4v) is 3.95. The third kappa shape index (κ3) is 5.59. The summed E-state index contributed by atoms with van der Waals surface area (Å²) >= 11 is 7.64. The predicted octanol–water partition coefficient (Wildman–Crippen LogP) is 3.64. The fourth-order valence-electron chi connectivity index (χ4n) is 3.02. The van der Waals surface area contributed by atoms with Crippen molar-refractivity contribution in [2.24, 2.45) is 0 Å². The van der Waals surface area contributed by atoms with E-state index in [4.69, 9.17) is 11.6 Å². The number of amides is 1. The van der Waals surface area contributed by atoms with Gasteiger partial charge >= 0.3 is 6.18 Å². The van der Waals surface area contributed by atoms with Crippen LogP contribution in [0.3, 0.4) is 0 Å². The Morgan fingerprint density at radius 2 is 2.11 bits per heavy atom. The van der Waals surface area contributed by atoms with E-state index < -0.39 is 11.7 Å². The molecular weight excluding hydrogens is 413 g/mol. The molecule has 0 bridgehead atoms. The summed E-state index contributed by atoms with van der Waals surface area (Å²) in [5, 5.41) is 4.85. The molecule has 3 heterocycles. The largest absolute Gasteiger partial charge is 0.417 e. The lowest BCUT2D eigenvalue weighted by atomic mass is 10.2. The monoisotopic (exact) mass is 432 g/mol. The molecule has 2 aromatic rings. The van der Waals surface area contributed by atoms with Crippen LogP contribution in [0.25, 0.3) is 0 Å². The minimum atomic E-state index is -4.47. The third-order valence-electron chi connectivity index (χ3n) is 4.44. The molecule has 1 amide bonds. The van der Waals surface area contributed by atoms with Gasteiger partial charge in [-0.25, -0.2) is 4.98 Å². The van der Waals surface area contributed by atoms with Crippen molar-refractivity contribution >= 4 is 34.7 Å². The Bertz CT molecular complexity index is 801. The molecule has 1 saturated heterocycles. The maximum atomic E-state index is 12.8. The molecule has 3 rings (SSSR count). The van der Waals surface area contributed by atoms with Crippen molar-refractivity contribution < 1.29 is 18.0 Å². The molecule has 1 aliphatic heterocycles. The van der Waals surface area contributed by atoms with Crippen LogP contribution in [0.2, 0.25) is 5.02 Å². The molecule has 152 valence electrons. The zero-order chi connectivity index (χ0) is 20.1. The van der Waals surface area contributed by atoms with Crippen molar-refractivity contribution in [1.82, 2.24) is 15.2 Å².